The molecule has 1 saturated heterocycles. The van der Waals surface area contributed by atoms with Gasteiger partial charge in [-0.3, -0.25) is 4.79 Å². The fourth-order valence-corrected chi connectivity index (χ4v) is 4.09. The number of hydrogen-bond donors (Lipinski definition) is 2. The highest BCUT2D eigenvalue weighted by molar-refractivity contribution is 7.15. The van der Waals surface area contributed by atoms with Gasteiger partial charge in [-0.1, -0.05) is 23.7 Å². The molecule has 1 atom stereocenters. The van der Waals surface area contributed by atoms with Crippen molar-refractivity contribution < 1.29 is 9.53 Å². The fourth-order valence-electron chi connectivity index (χ4n) is 2.89. The number of amides is 1. The molecule has 2 heterocycles. The number of carbonyl (C=O) groups excluding carboxylic acids is 1. The van der Waals surface area contributed by atoms with E-state index in [9.17, 15) is 4.79 Å². The Morgan fingerprint density at radius 2 is 1.96 bits per heavy atom. The van der Waals surface area contributed by atoms with E-state index in [0.29, 0.717) is 31.1 Å². The summed E-state index contributed by atoms with van der Waals surface area (Å²) in [6, 6.07) is 7.45. The number of halogens is 2. The van der Waals surface area contributed by atoms with Crippen LogP contribution >= 0.6 is 35.3 Å². The molecule has 1 aromatic carbocycles. The third kappa shape index (κ3) is 4.56. The van der Waals surface area contributed by atoms with E-state index in [2.05, 4.69) is 10.3 Å². The summed E-state index contributed by atoms with van der Waals surface area (Å²) in [5.41, 5.74) is 7.35. The van der Waals surface area contributed by atoms with Crippen molar-refractivity contribution in [3.8, 4) is 10.6 Å². The Labute approximate surface area is 168 Å². The van der Waals surface area contributed by atoms with Gasteiger partial charge in [0.25, 0.3) is 0 Å². The Kier molecular flexibility index (Phi) is 7.05. The first-order chi connectivity index (χ1) is 11.9. The maximum Gasteiger partial charge on any atom is 0.240 e. The molecule has 1 aliphatic heterocycles. The number of nitrogens with zero attached hydrogens (tertiary/aromatic N) is 1. The summed E-state index contributed by atoms with van der Waals surface area (Å²) in [5, 5.41) is 4.66. The van der Waals surface area contributed by atoms with Crippen molar-refractivity contribution >= 4 is 41.3 Å². The number of nitrogens with one attached hydrogen (secondary N) is 1. The summed E-state index contributed by atoms with van der Waals surface area (Å²) in [4.78, 5) is 18.3. The van der Waals surface area contributed by atoms with Gasteiger partial charge in [0.05, 0.1) is 22.2 Å². The van der Waals surface area contributed by atoms with Crippen LogP contribution in [0, 0.1) is 6.92 Å². The number of hydrogen-bond acceptors (Lipinski definition) is 5. The van der Waals surface area contributed by atoms with E-state index < -0.39 is 5.54 Å². The van der Waals surface area contributed by atoms with Crippen LogP contribution in [0.5, 0.6) is 0 Å². The second-order valence-corrected chi connectivity index (χ2v) is 7.91. The van der Waals surface area contributed by atoms with E-state index in [1.165, 1.54) is 0 Å². The maximum absolute atomic E-state index is 12.6. The number of thiazole rings is 1. The molecule has 142 valence electrons. The molecule has 1 amide bonds. The van der Waals surface area contributed by atoms with Gasteiger partial charge in [-0.25, -0.2) is 4.98 Å². The zero-order chi connectivity index (χ0) is 18.0. The normalized spacial score (nSPS) is 17.2. The number of aromatic nitrogens is 1. The number of nitrogens with two attached hydrogens (primary N) is 1. The lowest BCUT2D eigenvalue weighted by molar-refractivity contribution is -0.130. The van der Waals surface area contributed by atoms with Gasteiger partial charge in [0.1, 0.15) is 5.01 Å². The zero-order valence-corrected chi connectivity index (χ0v) is 17.1. The molecule has 1 fully saturated rings. The van der Waals surface area contributed by atoms with Crippen molar-refractivity contribution in [2.45, 2.75) is 38.3 Å². The number of benzene rings is 1. The Bertz CT molecular complexity index is 758. The first kappa shape index (κ1) is 21.1. The average molecular weight is 416 g/mol. The third-order valence-corrected chi connectivity index (χ3v) is 6.14. The molecule has 0 radical (unpaired) electrons. The molecule has 1 unspecified atom stereocenters. The highest BCUT2D eigenvalue weighted by Crippen LogP contribution is 2.32. The molecule has 0 saturated carbocycles. The summed E-state index contributed by atoms with van der Waals surface area (Å²) in [5.74, 6) is -0.121. The summed E-state index contributed by atoms with van der Waals surface area (Å²) in [7, 11) is 0. The van der Waals surface area contributed by atoms with Crippen LogP contribution in [0.2, 0.25) is 5.02 Å². The minimum absolute atomic E-state index is 0. The van der Waals surface area contributed by atoms with E-state index in [1.807, 2.05) is 38.1 Å². The summed E-state index contributed by atoms with van der Waals surface area (Å²) in [6.07, 6.45) is 1.09. The van der Waals surface area contributed by atoms with Crippen molar-refractivity contribution in [1.29, 1.82) is 0 Å². The van der Waals surface area contributed by atoms with E-state index in [-0.39, 0.29) is 24.4 Å². The highest BCUT2D eigenvalue weighted by Gasteiger charge is 2.36. The summed E-state index contributed by atoms with van der Waals surface area (Å²) < 4.78 is 5.31. The summed E-state index contributed by atoms with van der Waals surface area (Å²) >= 11 is 7.52. The first-order valence-electron chi connectivity index (χ1n) is 8.30. The SMILES string of the molecule is Cc1nc(-c2ccc(Cl)cc2)sc1C(C)NC(=O)C1(N)CCOCC1.Cl. The van der Waals surface area contributed by atoms with Crippen LogP contribution in [-0.4, -0.2) is 29.6 Å². The lowest BCUT2D eigenvalue weighted by Gasteiger charge is -2.32. The van der Waals surface area contributed by atoms with E-state index >= 15 is 0 Å². The van der Waals surface area contributed by atoms with Crippen LogP contribution in [0.3, 0.4) is 0 Å². The predicted molar refractivity (Wildman–Crippen MR) is 108 cm³/mol. The van der Waals surface area contributed by atoms with Gasteiger partial charge in [0.15, 0.2) is 0 Å². The Hall–Kier alpha value is -1.18. The lowest BCUT2D eigenvalue weighted by Crippen LogP contribution is -2.57. The standard InChI is InChI=1S/C18H22ClN3O2S.ClH/c1-11-15(25-16(21-11)13-3-5-14(19)6-4-13)12(2)22-17(23)18(20)7-9-24-10-8-18;/h3-6,12H,7-10,20H2,1-2H3,(H,22,23);1H. The predicted octanol–water partition coefficient (Wildman–Crippen LogP) is 3.88. The molecule has 0 aliphatic carbocycles. The average Bonchev–Trinajstić information content (AvgIpc) is 2.98. The molecule has 3 N–H and O–H groups in total. The minimum atomic E-state index is -0.843. The molecule has 26 heavy (non-hydrogen) atoms. The van der Waals surface area contributed by atoms with Crippen molar-refractivity contribution in [2.24, 2.45) is 5.73 Å². The Morgan fingerprint density at radius 3 is 2.58 bits per heavy atom. The number of aryl methyl sites for hydroxylation is 1. The van der Waals surface area contributed by atoms with Crippen molar-refractivity contribution in [2.75, 3.05) is 13.2 Å². The molecule has 1 aromatic heterocycles. The molecule has 3 rings (SSSR count). The monoisotopic (exact) mass is 415 g/mol. The van der Waals surface area contributed by atoms with Gasteiger partial charge in [-0.15, -0.1) is 23.7 Å². The van der Waals surface area contributed by atoms with Crippen LogP contribution in [0.15, 0.2) is 24.3 Å². The highest BCUT2D eigenvalue weighted by atomic mass is 35.5. The van der Waals surface area contributed by atoms with Crippen LogP contribution in [0.25, 0.3) is 10.6 Å². The molecular formula is C18H23Cl2N3O2S. The van der Waals surface area contributed by atoms with Crippen LogP contribution in [0.4, 0.5) is 0 Å². The van der Waals surface area contributed by atoms with Crippen molar-refractivity contribution in [3.63, 3.8) is 0 Å². The summed E-state index contributed by atoms with van der Waals surface area (Å²) in [6.45, 7) is 4.98. The first-order valence-corrected chi connectivity index (χ1v) is 9.49. The fraction of sp³-hybridized carbons (Fsp3) is 0.444. The molecule has 2 aromatic rings. The minimum Gasteiger partial charge on any atom is -0.381 e. The molecule has 1 aliphatic rings. The van der Waals surface area contributed by atoms with Crippen LogP contribution < -0.4 is 11.1 Å². The van der Waals surface area contributed by atoms with Gasteiger partial charge < -0.3 is 15.8 Å². The molecule has 5 nitrogen and oxygen atoms in total. The maximum atomic E-state index is 12.6. The van der Waals surface area contributed by atoms with Gasteiger partial charge in [-0.2, -0.15) is 0 Å². The second kappa shape index (κ2) is 8.67. The second-order valence-electron chi connectivity index (χ2n) is 6.44. The molecular weight excluding hydrogens is 393 g/mol. The zero-order valence-electron chi connectivity index (χ0n) is 14.8. The number of ether oxygens (including phenoxy) is 1. The van der Waals surface area contributed by atoms with Crippen LogP contribution in [-0.2, 0) is 9.53 Å². The Morgan fingerprint density at radius 1 is 1.35 bits per heavy atom. The molecule has 8 heteroatoms. The lowest BCUT2D eigenvalue weighted by atomic mass is 9.90. The van der Waals surface area contributed by atoms with Gasteiger partial charge in [0, 0.05) is 23.8 Å². The largest absolute Gasteiger partial charge is 0.381 e. The molecule has 0 bridgehead atoms. The van der Waals surface area contributed by atoms with Gasteiger partial charge in [-0.05, 0) is 38.8 Å². The van der Waals surface area contributed by atoms with Gasteiger partial charge in [0.2, 0.25) is 5.91 Å². The van der Waals surface area contributed by atoms with Gasteiger partial charge >= 0.3 is 0 Å². The van der Waals surface area contributed by atoms with E-state index in [4.69, 9.17) is 22.1 Å². The van der Waals surface area contributed by atoms with Crippen molar-refractivity contribution in [1.82, 2.24) is 10.3 Å². The topological polar surface area (TPSA) is 77.2 Å². The third-order valence-electron chi connectivity index (χ3n) is 4.50. The smallest absolute Gasteiger partial charge is 0.240 e. The number of rotatable bonds is 4. The van der Waals surface area contributed by atoms with E-state index in [1.54, 1.807) is 11.3 Å². The van der Waals surface area contributed by atoms with Crippen LogP contribution in [0.1, 0.15) is 36.4 Å². The molecule has 0 spiro atoms. The Balaban J connectivity index is 0.00000243. The van der Waals surface area contributed by atoms with E-state index in [0.717, 1.165) is 21.1 Å². The van der Waals surface area contributed by atoms with Crippen molar-refractivity contribution in [3.05, 3.63) is 39.9 Å². The quantitative estimate of drug-likeness (QED) is 0.793. The number of carbonyl (C=O) groups is 1.